The summed E-state index contributed by atoms with van der Waals surface area (Å²) in [5, 5.41) is 0. The normalized spacial score (nSPS) is 11.8. The van der Waals surface area contributed by atoms with E-state index < -0.39 is 0 Å². The van der Waals surface area contributed by atoms with Crippen molar-refractivity contribution in [1.29, 1.82) is 0 Å². The summed E-state index contributed by atoms with van der Waals surface area (Å²) in [6.07, 6.45) is 6.42. The minimum Gasteiger partial charge on any atom is -0.0654 e. The van der Waals surface area contributed by atoms with Crippen molar-refractivity contribution >= 4 is 0 Å². The number of unbranched alkanes of at least 4 members (excludes halogenated alkanes) is 2. The van der Waals surface area contributed by atoms with Gasteiger partial charge in [-0.25, -0.2) is 0 Å². The Bertz CT molecular complexity index is 292. The monoisotopic (exact) mass is 218 g/mol. The van der Waals surface area contributed by atoms with Crippen LogP contribution in [0.3, 0.4) is 0 Å². The Balaban J connectivity index is 2.61. The van der Waals surface area contributed by atoms with Crippen molar-refractivity contribution in [3.8, 4) is 0 Å². The summed E-state index contributed by atoms with van der Waals surface area (Å²) in [7, 11) is 0. The van der Waals surface area contributed by atoms with E-state index in [9.17, 15) is 0 Å². The molecule has 0 atom stereocenters. The van der Waals surface area contributed by atoms with E-state index in [1.165, 1.54) is 43.2 Å². The predicted octanol–water partition coefficient (Wildman–Crippen LogP) is 5.11. The van der Waals surface area contributed by atoms with Crippen molar-refractivity contribution in [1.82, 2.24) is 0 Å². The highest BCUT2D eigenvalue weighted by molar-refractivity contribution is 5.28. The third-order valence-electron chi connectivity index (χ3n) is 3.69. The molecule has 0 saturated heterocycles. The molecule has 16 heavy (non-hydrogen) atoms. The van der Waals surface area contributed by atoms with Crippen LogP contribution in [0, 0.1) is 0 Å². The number of rotatable bonds is 6. The first-order valence-corrected chi connectivity index (χ1v) is 6.69. The van der Waals surface area contributed by atoms with Crippen molar-refractivity contribution in [3.05, 3.63) is 35.4 Å². The Labute approximate surface area is 101 Å². The fourth-order valence-electron chi connectivity index (χ4n) is 1.91. The van der Waals surface area contributed by atoms with Gasteiger partial charge in [0.15, 0.2) is 0 Å². The smallest absolute Gasteiger partial charge is 0.0106 e. The maximum Gasteiger partial charge on any atom is -0.0106 e. The Hall–Kier alpha value is -0.780. The molecule has 0 fully saturated rings. The predicted molar refractivity (Wildman–Crippen MR) is 73.0 cm³/mol. The molecule has 0 aliphatic heterocycles. The highest BCUT2D eigenvalue weighted by Crippen LogP contribution is 2.26. The number of benzene rings is 1. The summed E-state index contributed by atoms with van der Waals surface area (Å²) in [5.74, 6) is 0. The Morgan fingerprint density at radius 1 is 0.938 bits per heavy atom. The topological polar surface area (TPSA) is 0 Å². The van der Waals surface area contributed by atoms with Gasteiger partial charge in [0.2, 0.25) is 0 Å². The molecular weight excluding hydrogens is 192 g/mol. The van der Waals surface area contributed by atoms with Gasteiger partial charge in [0.05, 0.1) is 0 Å². The van der Waals surface area contributed by atoms with E-state index in [1.807, 2.05) is 0 Å². The molecule has 0 N–H and O–H groups in total. The summed E-state index contributed by atoms with van der Waals surface area (Å²) in [5.41, 5.74) is 3.28. The van der Waals surface area contributed by atoms with Gasteiger partial charge in [0.25, 0.3) is 0 Å². The van der Waals surface area contributed by atoms with E-state index >= 15 is 0 Å². The maximum atomic E-state index is 2.32. The van der Waals surface area contributed by atoms with Crippen LogP contribution in [0.1, 0.15) is 64.5 Å². The quantitative estimate of drug-likeness (QED) is 0.582. The first-order chi connectivity index (χ1) is 7.60. The molecule has 1 rings (SSSR count). The van der Waals surface area contributed by atoms with Crippen molar-refractivity contribution in [2.24, 2.45) is 0 Å². The lowest BCUT2D eigenvalue weighted by molar-refractivity contribution is 0.506. The highest BCUT2D eigenvalue weighted by Gasteiger charge is 2.17. The van der Waals surface area contributed by atoms with Gasteiger partial charge in [-0.05, 0) is 35.8 Å². The zero-order valence-electron chi connectivity index (χ0n) is 11.3. The van der Waals surface area contributed by atoms with Crippen LogP contribution in [-0.2, 0) is 11.8 Å². The minimum absolute atomic E-state index is 0.321. The van der Waals surface area contributed by atoms with Crippen molar-refractivity contribution in [3.63, 3.8) is 0 Å². The van der Waals surface area contributed by atoms with Crippen LogP contribution in [-0.4, -0.2) is 0 Å². The molecule has 0 unspecified atom stereocenters. The van der Waals surface area contributed by atoms with Gasteiger partial charge >= 0.3 is 0 Å². The van der Waals surface area contributed by atoms with E-state index in [1.54, 1.807) is 0 Å². The van der Waals surface area contributed by atoms with Crippen molar-refractivity contribution in [2.45, 2.75) is 65.2 Å². The van der Waals surface area contributed by atoms with Crippen LogP contribution in [0.2, 0.25) is 0 Å². The van der Waals surface area contributed by atoms with Crippen LogP contribution in [0.25, 0.3) is 0 Å². The third-order valence-corrected chi connectivity index (χ3v) is 3.69. The standard InChI is InChI=1S/C16H26/c1-5-7-8-9-14-10-12-15(13-11-14)16(3,4)6-2/h10-13H,5-9H2,1-4H3. The highest BCUT2D eigenvalue weighted by atomic mass is 14.2. The molecule has 1 aromatic rings. The van der Waals surface area contributed by atoms with E-state index in [0.29, 0.717) is 5.41 Å². The molecule has 0 nitrogen and oxygen atoms in total. The van der Waals surface area contributed by atoms with Crippen LogP contribution in [0.5, 0.6) is 0 Å². The Morgan fingerprint density at radius 2 is 1.56 bits per heavy atom. The van der Waals surface area contributed by atoms with Crippen LogP contribution < -0.4 is 0 Å². The number of hydrogen-bond acceptors (Lipinski definition) is 0. The summed E-state index contributed by atoms with van der Waals surface area (Å²) in [6, 6.07) is 9.24. The van der Waals surface area contributed by atoms with Crippen LogP contribution in [0.15, 0.2) is 24.3 Å². The van der Waals surface area contributed by atoms with E-state index in [4.69, 9.17) is 0 Å². The average Bonchev–Trinajstić information content (AvgIpc) is 2.30. The Morgan fingerprint density at radius 3 is 2.06 bits per heavy atom. The molecule has 0 amide bonds. The second-order valence-electron chi connectivity index (χ2n) is 5.39. The second kappa shape index (κ2) is 6.08. The van der Waals surface area contributed by atoms with Gasteiger partial charge in [-0.3, -0.25) is 0 Å². The van der Waals surface area contributed by atoms with E-state index in [2.05, 4.69) is 52.0 Å². The molecule has 0 aliphatic rings. The van der Waals surface area contributed by atoms with Gasteiger partial charge < -0.3 is 0 Å². The fraction of sp³-hybridized carbons (Fsp3) is 0.625. The number of hydrogen-bond donors (Lipinski definition) is 0. The van der Waals surface area contributed by atoms with Crippen LogP contribution in [0.4, 0.5) is 0 Å². The van der Waals surface area contributed by atoms with Crippen molar-refractivity contribution in [2.75, 3.05) is 0 Å². The largest absolute Gasteiger partial charge is 0.0654 e. The van der Waals surface area contributed by atoms with Gasteiger partial charge in [-0.15, -0.1) is 0 Å². The van der Waals surface area contributed by atoms with Gasteiger partial charge in [0, 0.05) is 0 Å². The zero-order valence-corrected chi connectivity index (χ0v) is 11.3. The first kappa shape index (κ1) is 13.3. The summed E-state index contributed by atoms with van der Waals surface area (Å²) in [4.78, 5) is 0. The molecule has 0 bridgehead atoms. The molecule has 0 aromatic heterocycles. The molecule has 0 aliphatic carbocycles. The van der Waals surface area contributed by atoms with E-state index in [0.717, 1.165) is 0 Å². The van der Waals surface area contributed by atoms with Gasteiger partial charge in [-0.2, -0.15) is 0 Å². The van der Waals surface area contributed by atoms with E-state index in [-0.39, 0.29) is 0 Å². The summed E-state index contributed by atoms with van der Waals surface area (Å²) >= 11 is 0. The van der Waals surface area contributed by atoms with Crippen LogP contribution >= 0.6 is 0 Å². The zero-order chi connectivity index (χ0) is 12.0. The van der Waals surface area contributed by atoms with Gasteiger partial charge in [0.1, 0.15) is 0 Å². The average molecular weight is 218 g/mol. The van der Waals surface area contributed by atoms with Gasteiger partial charge in [-0.1, -0.05) is 64.8 Å². The summed E-state index contributed by atoms with van der Waals surface area (Å²) in [6.45, 7) is 9.15. The molecule has 1 aromatic carbocycles. The molecule has 0 spiro atoms. The third kappa shape index (κ3) is 3.66. The lowest BCUT2D eigenvalue weighted by Crippen LogP contribution is -2.15. The molecule has 90 valence electrons. The Kier molecular flexibility index (Phi) is 5.05. The SMILES string of the molecule is CCCCCc1ccc(C(C)(C)CC)cc1. The maximum absolute atomic E-state index is 2.32. The molecule has 0 saturated carbocycles. The second-order valence-corrected chi connectivity index (χ2v) is 5.39. The number of aryl methyl sites for hydroxylation is 1. The lowest BCUT2D eigenvalue weighted by Gasteiger charge is -2.23. The molecular formula is C16H26. The molecule has 0 heterocycles. The lowest BCUT2D eigenvalue weighted by atomic mass is 9.82. The fourth-order valence-corrected chi connectivity index (χ4v) is 1.91. The molecule has 0 heteroatoms. The minimum atomic E-state index is 0.321. The molecule has 0 radical (unpaired) electrons. The van der Waals surface area contributed by atoms with Crippen molar-refractivity contribution < 1.29 is 0 Å². The summed E-state index contributed by atoms with van der Waals surface area (Å²) < 4.78 is 0. The first-order valence-electron chi connectivity index (χ1n) is 6.69.